The van der Waals surface area contributed by atoms with Crippen LogP contribution in [0.1, 0.15) is 45.0 Å². The first-order valence-electron chi connectivity index (χ1n) is 7.94. The molecule has 1 fully saturated rings. The number of aromatic nitrogens is 1. The van der Waals surface area contributed by atoms with Crippen molar-refractivity contribution in [2.45, 2.75) is 58.7 Å². The third-order valence-corrected chi connectivity index (χ3v) is 4.33. The molecule has 1 N–H and O–H groups in total. The van der Waals surface area contributed by atoms with E-state index in [9.17, 15) is 0 Å². The summed E-state index contributed by atoms with van der Waals surface area (Å²) in [5, 5.41) is 3.67. The molecule has 0 aliphatic carbocycles. The van der Waals surface area contributed by atoms with Crippen molar-refractivity contribution in [1.29, 1.82) is 0 Å². The average molecular weight is 291 g/mol. The highest BCUT2D eigenvalue weighted by atomic mass is 16.5. The second-order valence-electron chi connectivity index (χ2n) is 6.70. The third-order valence-electron chi connectivity index (χ3n) is 4.33. The van der Waals surface area contributed by atoms with E-state index in [4.69, 9.17) is 4.74 Å². The van der Waals surface area contributed by atoms with Crippen LogP contribution in [0.5, 0.6) is 5.75 Å². The van der Waals surface area contributed by atoms with Crippen molar-refractivity contribution in [3.8, 4) is 5.75 Å². The normalized spacial score (nSPS) is 22.2. The van der Waals surface area contributed by atoms with Crippen molar-refractivity contribution < 1.29 is 4.74 Å². The van der Waals surface area contributed by atoms with Gasteiger partial charge in [-0.05, 0) is 27.2 Å². The standard InChI is InChI=1S/C17H29N3O/c1-6-7-14-10-20(17(3,4)12-18-14)11-15-9-16(21-5)8-13(2)19-15/h8-9,14,18H,6-7,10-12H2,1-5H3. The van der Waals surface area contributed by atoms with Crippen molar-refractivity contribution in [2.75, 3.05) is 20.2 Å². The quantitative estimate of drug-likeness (QED) is 0.905. The number of pyridine rings is 1. The monoisotopic (exact) mass is 291 g/mol. The van der Waals surface area contributed by atoms with E-state index < -0.39 is 0 Å². The third kappa shape index (κ3) is 4.17. The molecule has 0 spiro atoms. The summed E-state index contributed by atoms with van der Waals surface area (Å²) >= 11 is 0. The topological polar surface area (TPSA) is 37.4 Å². The van der Waals surface area contributed by atoms with Gasteiger partial charge in [0.1, 0.15) is 5.75 Å². The lowest BCUT2D eigenvalue weighted by molar-refractivity contribution is 0.0551. The average Bonchev–Trinajstić information content (AvgIpc) is 2.42. The number of methoxy groups -OCH3 is 1. The Hall–Kier alpha value is -1.13. The van der Waals surface area contributed by atoms with Crippen LogP contribution in [0.25, 0.3) is 0 Å². The second-order valence-corrected chi connectivity index (χ2v) is 6.70. The molecule has 1 aliphatic rings. The molecule has 21 heavy (non-hydrogen) atoms. The molecule has 4 nitrogen and oxygen atoms in total. The molecule has 2 rings (SSSR count). The maximum absolute atomic E-state index is 5.37. The first-order chi connectivity index (χ1) is 9.94. The number of nitrogens with one attached hydrogen (secondary N) is 1. The molecule has 1 saturated heterocycles. The van der Waals surface area contributed by atoms with E-state index in [-0.39, 0.29) is 5.54 Å². The van der Waals surface area contributed by atoms with E-state index in [0.29, 0.717) is 6.04 Å². The van der Waals surface area contributed by atoms with E-state index >= 15 is 0 Å². The van der Waals surface area contributed by atoms with Gasteiger partial charge in [0.25, 0.3) is 0 Å². The van der Waals surface area contributed by atoms with Crippen LogP contribution in [0, 0.1) is 6.92 Å². The molecule has 0 saturated carbocycles. The van der Waals surface area contributed by atoms with E-state index in [0.717, 1.165) is 36.8 Å². The summed E-state index contributed by atoms with van der Waals surface area (Å²) in [6.45, 7) is 11.9. The fourth-order valence-electron chi connectivity index (χ4n) is 3.00. The lowest BCUT2D eigenvalue weighted by Crippen LogP contribution is -2.61. The number of aryl methyl sites for hydroxylation is 1. The van der Waals surface area contributed by atoms with Crippen molar-refractivity contribution in [3.05, 3.63) is 23.5 Å². The van der Waals surface area contributed by atoms with Crippen molar-refractivity contribution in [3.63, 3.8) is 0 Å². The van der Waals surface area contributed by atoms with Gasteiger partial charge in [-0.2, -0.15) is 0 Å². The number of ether oxygens (including phenoxy) is 1. The molecule has 2 heterocycles. The molecular weight excluding hydrogens is 262 g/mol. The van der Waals surface area contributed by atoms with Gasteiger partial charge < -0.3 is 10.1 Å². The zero-order valence-corrected chi connectivity index (χ0v) is 14.1. The predicted octanol–water partition coefficient (Wildman–Crippen LogP) is 2.75. The van der Waals surface area contributed by atoms with Gasteiger partial charge in [-0.25, -0.2) is 0 Å². The molecule has 1 aromatic heterocycles. The molecule has 1 unspecified atom stereocenters. The Morgan fingerprint density at radius 2 is 2.19 bits per heavy atom. The Kier molecular flexibility index (Phi) is 5.22. The summed E-state index contributed by atoms with van der Waals surface area (Å²) in [6, 6.07) is 4.63. The predicted molar refractivity (Wildman–Crippen MR) is 86.7 cm³/mol. The SMILES string of the molecule is CCCC1CN(Cc2cc(OC)cc(C)n2)C(C)(C)CN1. The van der Waals surface area contributed by atoms with Gasteiger partial charge in [0, 0.05) is 49.0 Å². The van der Waals surface area contributed by atoms with Gasteiger partial charge in [-0.3, -0.25) is 9.88 Å². The van der Waals surface area contributed by atoms with Crippen molar-refractivity contribution >= 4 is 0 Å². The summed E-state index contributed by atoms with van der Waals surface area (Å²) in [5.74, 6) is 0.899. The Morgan fingerprint density at radius 1 is 1.43 bits per heavy atom. The number of rotatable bonds is 5. The zero-order chi connectivity index (χ0) is 15.5. The van der Waals surface area contributed by atoms with Crippen LogP contribution in [0.4, 0.5) is 0 Å². The largest absolute Gasteiger partial charge is 0.497 e. The molecule has 0 radical (unpaired) electrons. The Morgan fingerprint density at radius 3 is 2.86 bits per heavy atom. The van der Waals surface area contributed by atoms with Crippen LogP contribution in [-0.4, -0.2) is 41.7 Å². The first-order valence-corrected chi connectivity index (χ1v) is 7.94. The highest BCUT2D eigenvalue weighted by molar-refractivity contribution is 5.26. The van der Waals surface area contributed by atoms with Crippen LogP contribution < -0.4 is 10.1 Å². The number of nitrogens with zero attached hydrogens (tertiary/aromatic N) is 2. The van der Waals surface area contributed by atoms with Gasteiger partial charge in [0.15, 0.2) is 0 Å². The fraction of sp³-hybridized carbons (Fsp3) is 0.706. The highest BCUT2D eigenvalue weighted by Gasteiger charge is 2.33. The summed E-state index contributed by atoms with van der Waals surface area (Å²) in [4.78, 5) is 7.22. The summed E-state index contributed by atoms with van der Waals surface area (Å²) in [6.07, 6.45) is 2.46. The van der Waals surface area contributed by atoms with Crippen LogP contribution in [0.15, 0.2) is 12.1 Å². The van der Waals surface area contributed by atoms with Gasteiger partial charge in [-0.15, -0.1) is 0 Å². The fourth-order valence-corrected chi connectivity index (χ4v) is 3.00. The van der Waals surface area contributed by atoms with Crippen molar-refractivity contribution in [2.24, 2.45) is 0 Å². The van der Waals surface area contributed by atoms with Gasteiger partial charge in [0.2, 0.25) is 0 Å². The lowest BCUT2D eigenvalue weighted by atomic mass is 9.95. The number of piperazine rings is 1. The van der Waals surface area contributed by atoms with Crippen LogP contribution in [-0.2, 0) is 6.54 Å². The maximum Gasteiger partial charge on any atom is 0.122 e. The highest BCUT2D eigenvalue weighted by Crippen LogP contribution is 2.23. The van der Waals surface area contributed by atoms with E-state index in [1.165, 1.54) is 12.8 Å². The Labute approximate surface area is 128 Å². The van der Waals surface area contributed by atoms with Gasteiger partial charge in [0.05, 0.1) is 12.8 Å². The van der Waals surface area contributed by atoms with Crippen LogP contribution in [0.3, 0.4) is 0 Å². The number of hydrogen-bond donors (Lipinski definition) is 1. The first kappa shape index (κ1) is 16.2. The molecule has 0 aromatic carbocycles. The minimum absolute atomic E-state index is 0.156. The molecule has 1 aromatic rings. The van der Waals surface area contributed by atoms with E-state index in [1.54, 1.807) is 7.11 Å². The zero-order valence-electron chi connectivity index (χ0n) is 14.1. The summed E-state index contributed by atoms with van der Waals surface area (Å²) in [7, 11) is 1.71. The Bertz CT molecular complexity index is 473. The molecule has 0 amide bonds. The smallest absolute Gasteiger partial charge is 0.122 e. The maximum atomic E-state index is 5.37. The second kappa shape index (κ2) is 6.75. The molecule has 1 aliphatic heterocycles. The van der Waals surface area contributed by atoms with E-state index in [1.807, 2.05) is 13.0 Å². The molecule has 4 heteroatoms. The van der Waals surface area contributed by atoms with Crippen LogP contribution in [0.2, 0.25) is 0 Å². The van der Waals surface area contributed by atoms with Crippen molar-refractivity contribution in [1.82, 2.24) is 15.2 Å². The summed E-state index contributed by atoms with van der Waals surface area (Å²) in [5.41, 5.74) is 2.27. The lowest BCUT2D eigenvalue weighted by Gasteiger charge is -2.46. The minimum Gasteiger partial charge on any atom is -0.497 e. The van der Waals surface area contributed by atoms with Crippen LogP contribution >= 0.6 is 0 Å². The molecule has 1 atom stereocenters. The molecular formula is C17H29N3O. The number of hydrogen-bond acceptors (Lipinski definition) is 4. The summed E-state index contributed by atoms with van der Waals surface area (Å²) < 4.78 is 5.37. The van der Waals surface area contributed by atoms with Gasteiger partial charge >= 0.3 is 0 Å². The van der Waals surface area contributed by atoms with E-state index in [2.05, 4.69) is 42.0 Å². The van der Waals surface area contributed by atoms with Gasteiger partial charge in [-0.1, -0.05) is 13.3 Å². The molecule has 118 valence electrons. The Balaban J connectivity index is 2.13. The molecule has 0 bridgehead atoms. The minimum atomic E-state index is 0.156.